The van der Waals surface area contributed by atoms with Gasteiger partial charge in [0.2, 0.25) is 17.7 Å². The third-order valence-corrected chi connectivity index (χ3v) is 11.0. The molecular weight excluding hydrogens is 604 g/mol. The first-order valence-corrected chi connectivity index (χ1v) is 18.8. The summed E-state index contributed by atoms with van der Waals surface area (Å²) in [6.07, 6.45) is 12.2. The Labute approximate surface area is 279 Å². The van der Waals surface area contributed by atoms with Crippen LogP contribution in [-0.4, -0.2) is 100 Å². The Morgan fingerprint density at radius 3 is 2.28 bits per heavy atom. The van der Waals surface area contributed by atoms with E-state index >= 15 is 0 Å². The molecule has 46 heavy (non-hydrogen) atoms. The number of aliphatic hydroxyl groups is 2. The SMILES string of the molecule is CC(C)C[C@H](O)[C@H](O)[C@H](CC1CCCCC1)N(CC1CCCCC1)C(=O)[C@@H](CC(=O)NCC(=O)N1CCOCC1)Cc1nccs1. The Balaban J connectivity index is 1.58. The average molecular weight is 663 g/mol. The number of thiazole rings is 1. The smallest absolute Gasteiger partial charge is 0.242 e. The van der Waals surface area contributed by atoms with E-state index in [-0.39, 0.29) is 36.6 Å². The molecule has 11 heteroatoms. The highest BCUT2D eigenvalue weighted by Crippen LogP contribution is 2.34. The Bertz CT molecular complexity index is 1050. The number of morpholine rings is 1. The largest absolute Gasteiger partial charge is 0.390 e. The van der Waals surface area contributed by atoms with Crippen molar-refractivity contribution in [2.45, 2.75) is 122 Å². The molecule has 0 aromatic carbocycles. The number of hydrogen-bond donors (Lipinski definition) is 3. The van der Waals surface area contributed by atoms with E-state index in [1.54, 1.807) is 11.1 Å². The summed E-state index contributed by atoms with van der Waals surface area (Å²) in [5.74, 6) is -0.464. The molecule has 3 N–H and O–H groups in total. The van der Waals surface area contributed by atoms with Gasteiger partial charge >= 0.3 is 0 Å². The van der Waals surface area contributed by atoms with Gasteiger partial charge in [-0.2, -0.15) is 0 Å². The van der Waals surface area contributed by atoms with Crippen LogP contribution in [0.25, 0.3) is 0 Å². The summed E-state index contributed by atoms with van der Waals surface area (Å²) in [4.78, 5) is 48.9. The fourth-order valence-corrected chi connectivity index (χ4v) is 8.27. The van der Waals surface area contributed by atoms with Gasteiger partial charge in [-0.1, -0.05) is 65.2 Å². The second-order valence-electron chi connectivity index (χ2n) is 14.3. The second-order valence-corrected chi connectivity index (χ2v) is 15.3. The van der Waals surface area contributed by atoms with Gasteiger partial charge in [-0.25, -0.2) is 4.98 Å². The first-order chi connectivity index (χ1) is 22.2. The molecule has 0 radical (unpaired) electrons. The van der Waals surface area contributed by atoms with Crippen molar-refractivity contribution in [2.75, 3.05) is 39.4 Å². The molecule has 1 aromatic rings. The number of nitrogens with zero attached hydrogens (tertiary/aromatic N) is 3. The molecule has 1 aromatic heterocycles. The number of ether oxygens (including phenoxy) is 1. The Morgan fingerprint density at radius 2 is 1.67 bits per heavy atom. The predicted molar refractivity (Wildman–Crippen MR) is 179 cm³/mol. The lowest BCUT2D eigenvalue weighted by molar-refractivity contribution is -0.147. The molecule has 1 saturated heterocycles. The minimum Gasteiger partial charge on any atom is -0.390 e. The Hall–Kier alpha value is -2.08. The molecule has 2 saturated carbocycles. The van der Waals surface area contributed by atoms with Crippen LogP contribution in [0, 0.1) is 23.7 Å². The summed E-state index contributed by atoms with van der Waals surface area (Å²) in [5, 5.41) is 28.5. The van der Waals surface area contributed by atoms with E-state index in [0.29, 0.717) is 63.9 Å². The van der Waals surface area contributed by atoms with Gasteiger partial charge in [-0.05, 0) is 43.4 Å². The number of rotatable bonds is 16. The molecule has 0 unspecified atom stereocenters. The van der Waals surface area contributed by atoms with Crippen LogP contribution in [0.3, 0.4) is 0 Å². The van der Waals surface area contributed by atoms with Crippen molar-refractivity contribution in [3.05, 3.63) is 16.6 Å². The highest BCUT2D eigenvalue weighted by Gasteiger charge is 2.40. The standard InChI is InChI=1S/C35H58N4O6S/c1-25(2)19-30(40)34(43)29(20-26-9-5-3-6-10-26)39(24-27-11-7-4-8-12-27)35(44)28(22-32-36-13-18-46-32)21-31(41)37-23-33(42)38-14-16-45-17-15-38/h13,18,25-30,34,40,43H,3-12,14-17,19-24H2,1-2H3,(H,37,41)/t28-,29-,30-,34+/m0/s1. The van der Waals surface area contributed by atoms with Crippen molar-refractivity contribution < 1.29 is 29.3 Å². The van der Waals surface area contributed by atoms with Crippen LogP contribution in [-0.2, 0) is 25.5 Å². The van der Waals surface area contributed by atoms with Crippen LogP contribution >= 0.6 is 11.3 Å². The van der Waals surface area contributed by atoms with Crippen molar-refractivity contribution >= 4 is 29.1 Å². The number of hydrogen-bond acceptors (Lipinski definition) is 8. The van der Waals surface area contributed by atoms with Gasteiger partial charge in [-0.15, -0.1) is 11.3 Å². The van der Waals surface area contributed by atoms with Gasteiger partial charge in [0.25, 0.3) is 0 Å². The lowest BCUT2D eigenvalue weighted by Crippen LogP contribution is -2.55. The van der Waals surface area contributed by atoms with Gasteiger partial charge in [0.1, 0.15) is 6.10 Å². The van der Waals surface area contributed by atoms with Gasteiger partial charge in [-0.3, -0.25) is 14.4 Å². The first-order valence-electron chi connectivity index (χ1n) is 17.9. The molecule has 3 amide bonds. The molecule has 0 bridgehead atoms. The zero-order valence-corrected chi connectivity index (χ0v) is 28.9. The molecule has 1 aliphatic heterocycles. The number of aromatic nitrogens is 1. The highest BCUT2D eigenvalue weighted by molar-refractivity contribution is 7.09. The van der Waals surface area contributed by atoms with E-state index < -0.39 is 24.2 Å². The van der Waals surface area contributed by atoms with Crippen molar-refractivity contribution in [3.63, 3.8) is 0 Å². The van der Waals surface area contributed by atoms with Crippen molar-refractivity contribution in [3.8, 4) is 0 Å². The van der Waals surface area contributed by atoms with Crippen molar-refractivity contribution in [1.82, 2.24) is 20.1 Å². The van der Waals surface area contributed by atoms with E-state index in [9.17, 15) is 24.6 Å². The number of carbonyl (C=O) groups is 3. The molecule has 4 rings (SSSR count). The van der Waals surface area contributed by atoms with Crippen LogP contribution in [0.15, 0.2) is 11.6 Å². The molecule has 3 fully saturated rings. The Morgan fingerprint density at radius 1 is 1.02 bits per heavy atom. The van der Waals surface area contributed by atoms with E-state index in [1.807, 2.05) is 24.1 Å². The maximum atomic E-state index is 14.8. The van der Waals surface area contributed by atoms with E-state index in [1.165, 1.54) is 24.2 Å². The van der Waals surface area contributed by atoms with E-state index in [2.05, 4.69) is 10.3 Å². The fourth-order valence-electron chi connectivity index (χ4n) is 7.57. The lowest BCUT2D eigenvalue weighted by Gasteiger charge is -2.42. The monoisotopic (exact) mass is 662 g/mol. The molecule has 0 spiro atoms. The summed E-state index contributed by atoms with van der Waals surface area (Å²) in [7, 11) is 0. The average Bonchev–Trinajstić information content (AvgIpc) is 3.58. The maximum Gasteiger partial charge on any atom is 0.242 e. The summed E-state index contributed by atoms with van der Waals surface area (Å²) < 4.78 is 5.34. The quantitative estimate of drug-likeness (QED) is 0.242. The number of carbonyl (C=O) groups excluding carboxylic acids is 3. The molecule has 10 nitrogen and oxygen atoms in total. The predicted octanol–water partition coefficient (Wildman–Crippen LogP) is 4.18. The van der Waals surface area contributed by atoms with Crippen molar-refractivity contribution in [2.24, 2.45) is 23.7 Å². The fraction of sp³-hybridized carbons (Fsp3) is 0.829. The minimum absolute atomic E-state index is 0.0727. The van der Waals surface area contributed by atoms with Crippen LogP contribution in [0.4, 0.5) is 0 Å². The maximum absolute atomic E-state index is 14.8. The van der Waals surface area contributed by atoms with Crippen LogP contribution in [0.1, 0.15) is 102 Å². The molecular formula is C35H58N4O6S. The van der Waals surface area contributed by atoms with E-state index in [0.717, 1.165) is 56.4 Å². The van der Waals surface area contributed by atoms with Gasteiger partial charge < -0.3 is 30.1 Å². The zero-order chi connectivity index (χ0) is 32.9. The second kappa shape index (κ2) is 19.1. The lowest BCUT2D eigenvalue weighted by atomic mass is 9.80. The molecule has 2 heterocycles. The molecule has 260 valence electrons. The number of aliphatic hydroxyl groups excluding tert-OH is 2. The topological polar surface area (TPSA) is 132 Å². The number of nitrogens with one attached hydrogen (secondary N) is 1. The number of amides is 3. The van der Waals surface area contributed by atoms with Crippen LogP contribution in [0.2, 0.25) is 0 Å². The Kier molecular flexibility index (Phi) is 15.2. The van der Waals surface area contributed by atoms with Crippen LogP contribution < -0.4 is 5.32 Å². The highest BCUT2D eigenvalue weighted by atomic mass is 32.1. The van der Waals surface area contributed by atoms with Gasteiger partial charge in [0, 0.05) is 44.1 Å². The summed E-state index contributed by atoms with van der Waals surface area (Å²) >= 11 is 1.46. The molecule has 3 aliphatic rings. The third kappa shape index (κ3) is 11.6. The van der Waals surface area contributed by atoms with E-state index in [4.69, 9.17) is 4.74 Å². The first kappa shape index (κ1) is 36.8. The van der Waals surface area contributed by atoms with Crippen LogP contribution in [0.5, 0.6) is 0 Å². The summed E-state index contributed by atoms with van der Waals surface area (Å²) in [6.45, 7) is 6.45. The summed E-state index contributed by atoms with van der Waals surface area (Å²) in [5.41, 5.74) is 0. The summed E-state index contributed by atoms with van der Waals surface area (Å²) in [6, 6.07) is -0.531. The van der Waals surface area contributed by atoms with Gasteiger partial charge in [0.05, 0.1) is 42.8 Å². The molecule has 2 aliphatic carbocycles. The molecule has 4 atom stereocenters. The third-order valence-electron chi connectivity index (χ3n) is 10.2. The van der Waals surface area contributed by atoms with Gasteiger partial charge in [0.15, 0.2) is 0 Å². The normalized spacial score (nSPS) is 21.0. The zero-order valence-electron chi connectivity index (χ0n) is 28.1. The minimum atomic E-state index is -1.07. The van der Waals surface area contributed by atoms with Crippen molar-refractivity contribution in [1.29, 1.82) is 0 Å².